The lowest BCUT2D eigenvalue weighted by atomic mass is 10.0. The fourth-order valence-corrected chi connectivity index (χ4v) is 5.92. The third-order valence-electron chi connectivity index (χ3n) is 6.51. The van der Waals surface area contributed by atoms with E-state index in [1.807, 2.05) is 22.8 Å². The Balaban J connectivity index is 1.79. The standard InChI is InChI=1S/C26H26FN5O4S2/c1-3-8-31-23(30-11-9-29(10-12-30)20-7-5-4-6-19(20)27)17(16(2)18(14-28)24(31)35)13-21-25(36)32(15-22(33)34)26(37)38-21/h4-7,13H,3,8-12,15H2,1-2H3,(H,33,34)/b21-13-. The lowest BCUT2D eigenvalue weighted by molar-refractivity contribution is -0.140. The second-order valence-electron chi connectivity index (χ2n) is 8.89. The normalized spacial score (nSPS) is 16.9. The Kier molecular flexibility index (Phi) is 8.18. The topological polar surface area (TPSA) is 110 Å². The van der Waals surface area contributed by atoms with Crippen molar-refractivity contribution in [3.8, 4) is 6.07 Å². The van der Waals surface area contributed by atoms with E-state index in [9.17, 15) is 24.0 Å². The van der Waals surface area contributed by atoms with Crippen molar-refractivity contribution in [2.24, 2.45) is 0 Å². The number of thiocarbonyl (C=S) groups is 1. The number of carbonyl (C=O) groups is 2. The number of amides is 1. The van der Waals surface area contributed by atoms with Crippen LogP contribution in [0.1, 0.15) is 30.0 Å². The lowest BCUT2D eigenvalue weighted by Gasteiger charge is -2.39. The van der Waals surface area contributed by atoms with Gasteiger partial charge in [0.15, 0.2) is 0 Å². The van der Waals surface area contributed by atoms with Crippen molar-refractivity contribution in [1.82, 2.24) is 9.47 Å². The number of thioether (sulfide) groups is 1. The molecule has 0 radical (unpaired) electrons. The van der Waals surface area contributed by atoms with Crippen LogP contribution >= 0.6 is 24.0 Å². The third-order valence-corrected chi connectivity index (χ3v) is 7.89. The van der Waals surface area contributed by atoms with Crippen LogP contribution in [0.15, 0.2) is 34.0 Å². The van der Waals surface area contributed by atoms with Gasteiger partial charge in [0.1, 0.15) is 34.1 Å². The SMILES string of the molecule is CCCn1c(N2CCN(c3ccccc3F)CC2)c(/C=C2\SC(=S)N(CC(=O)O)C2=O)c(C)c(C#N)c1=O. The molecule has 9 nitrogen and oxygen atoms in total. The maximum Gasteiger partial charge on any atom is 0.323 e. The lowest BCUT2D eigenvalue weighted by Crippen LogP contribution is -2.49. The molecule has 3 heterocycles. The molecule has 12 heteroatoms. The summed E-state index contributed by atoms with van der Waals surface area (Å²) in [4.78, 5) is 42.8. The molecule has 0 aliphatic carbocycles. The van der Waals surface area contributed by atoms with Crippen LogP contribution in [-0.4, -0.2) is 63.5 Å². The van der Waals surface area contributed by atoms with Gasteiger partial charge in [0, 0.05) is 38.3 Å². The molecule has 1 amide bonds. The molecule has 0 atom stereocenters. The van der Waals surface area contributed by atoms with E-state index < -0.39 is 24.0 Å². The van der Waals surface area contributed by atoms with Gasteiger partial charge in [-0.15, -0.1) is 0 Å². The van der Waals surface area contributed by atoms with Crippen molar-refractivity contribution < 1.29 is 19.1 Å². The molecule has 2 aromatic rings. The number of aliphatic carboxylic acids is 1. The molecular weight excluding hydrogens is 529 g/mol. The molecule has 4 rings (SSSR count). The number of piperazine rings is 1. The predicted molar refractivity (Wildman–Crippen MR) is 149 cm³/mol. The Morgan fingerprint density at radius 3 is 2.47 bits per heavy atom. The van der Waals surface area contributed by atoms with Crippen molar-refractivity contribution in [2.45, 2.75) is 26.8 Å². The molecule has 0 unspecified atom stereocenters. The minimum atomic E-state index is -1.18. The summed E-state index contributed by atoms with van der Waals surface area (Å²) in [6.45, 7) is 5.35. The van der Waals surface area contributed by atoms with Gasteiger partial charge in [-0.1, -0.05) is 43.0 Å². The van der Waals surface area contributed by atoms with Crippen molar-refractivity contribution in [3.63, 3.8) is 0 Å². The molecular formula is C26H26FN5O4S2. The number of nitrogens with zero attached hydrogens (tertiary/aromatic N) is 5. The van der Waals surface area contributed by atoms with Gasteiger partial charge in [-0.25, -0.2) is 4.39 Å². The molecule has 0 bridgehead atoms. The van der Waals surface area contributed by atoms with E-state index in [1.54, 1.807) is 35.8 Å². The highest BCUT2D eigenvalue weighted by molar-refractivity contribution is 8.26. The summed E-state index contributed by atoms with van der Waals surface area (Å²) in [6, 6.07) is 8.59. The number of benzene rings is 1. The van der Waals surface area contributed by atoms with Crippen LogP contribution in [0.2, 0.25) is 0 Å². The zero-order valence-corrected chi connectivity index (χ0v) is 22.6. The van der Waals surface area contributed by atoms with Gasteiger partial charge in [0.25, 0.3) is 11.5 Å². The van der Waals surface area contributed by atoms with E-state index in [0.717, 1.165) is 16.7 Å². The first-order chi connectivity index (χ1) is 18.2. The van der Waals surface area contributed by atoms with Crippen molar-refractivity contribution in [2.75, 3.05) is 42.5 Å². The molecule has 1 aromatic heterocycles. The largest absolute Gasteiger partial charge is 0.480 e. The molecule has 2 aliphatic heterocycles. The number of para-hydroxylation sites is 1. The fraction of sp³-hybridized carbons (Fsp3) is 0.346. The maximum absolute atomic E-state index is 14.4. The number of carboxylic acid groups (broad SMARTS) is 1. The average molecular weight is 556 g/mol. The molecule has 38 heavy (non-hydrogen) atoms. The summed E-state index contributed by atoms with van der Waals surface area (Å²) in [7, 11) is 0. The van der Waals surface area contributed by atoms with Crippen molar-refractivity contribution >= 4 is 57.8 Å². The Hall–Kier alpha value is -3.69. The highest BCUT2D eigenvalue weighted by Crippen LogP contribution is 2.36. The molecule has 0 saturated carbocycles. The molecule has 0 spiro atoms. The van der Waals surface area contributed by atoms with Crippen molar-refractivity contribution in [3.05, 3.63) is 62.0 Å². The van der Waals surface area contributed by atoms with Gasteiger partial charge >= 0.3 is 5.97 Å². The number of hydrogen-bond donors (Lipinski definition) is 1. The fourth-order valence-electron chi connectivity index (χ4n) is 4.69. The number of hydrogen-bond acceptors (Lipinski definition) is 8. The first-order valence-corrected chi connectivity index (χ1v) is 13.3. The first-order valence-electron chi connectivity index (χ1n) is 12.1. The van der Waals surface area contributed by atoms with E-state index in [4.69, 9.17) is 17.3 Å². The number of halogens is 1. The average Bonchev–Trinajstić information content (AvgIpc) is 3.15. The second-order valence-corrected chi connectivity index (χ2v) is 10.6. The predicted octanol–water partition coefficient (Wildman–Crippen LogP) is 3.19. The number of nitriles is 1. The van der Waals surface area contributed by atoms with Crippen LogP contribution in [-0.2, 0) is 16.1 Å². The van der Waals surface area contributed by atoms with Crippen LogP contribution < -0.4 is 15.4 Å². The van der Waals surface area contributed by atoms with E-state index in [2.05, 4.69) is 0 Å². The Labute approximate surface area is 228 Å². The minimum absolute atomic E-state index is 0.0144. The van der Waals surface area contributed by atoms with E-state index in [1.165, 1.54) is 6.07 Å². The summed E-state index contributed by atoms with van der Waals surface area (Å²) in [5.74, 6) is -1.45. The van der Waals surface area contributed by atoms with Crippen LogP contribution in [0.25, 0.3) is 6.08 Å². The van der Waals surface area contributed by atoms with Gasteiger partial charge in [0.05, 0.1) is 10.6 Å². The third kappa shape index (κ3) is 5.16. The summed E-state index contributed by atoms with van der Waals surface area (Å²) in [5, 5.41) is 19.0. The van der Waals surface area contributed by atoms with Gasteiger partial charge in [-0.05, 0) is 37.1 Å². The zero-order chi connectivity index (χ0) is 27.6. The summed E-state index contributed by atoms with van der Waals surface area (Å²) in [6.07, 6.45) is 2.23. The molecule has 198 valence electrons. The summed E-state index contributed by atoms with van der Waals surface area (Å²) in [5.41, 5.74) is 1.05. The second kappa shape index (κ2) is 11.4. The minimum Gasteiger partial charge on any atom is -0.480 e. The highest BCUT2D eigenvalue weighted by atomic mass is 32.2. The number of rotatable bonds is 7. The first kappa shape index (κ1) is 27.3. The number of pyridine rings is 1. The monoisotopic (exact) mass is 555 g/mol. The molecule has 1 N–H and O–H groups in total. The number of carbonyl (C=O) groups excluding carboxylic acids is 1. The van der Waals surface area contributed by atoms with E-state index in [-0.39, 0.29) is 20.6 Å². The highest BCUT2D eigenvalue weighted by Gasteiger charge is 2.35. The Bertz CT molecular complexity index is 1440. The Morgan fingerprint density at radius 1 is 1.21 bits per heavy atom. The smallest absolute Gasteiger partial charge is 0.323 e. The zero-order valence-electron chi connectivity index (χ0n) is 20.9. The number of aromatic nitrogens is 1. The van der Waals surface area contributed by atoms with Gasteiger partial charge in [-0.3, -0.25) is 23.9 Å². The number of carboxylic acids is 1. The van der Waals surface area contributed by atoms with E-state index >= 15 is 0 Å². The van der Waals surface area contributed by atoms with Crippen LogP contribution in [0.5, 0.6) is 0 Å². The molecule has 2 saturated heterocycles. The van der Waals surface area contributed by atoms with Crippen LogP contribution in [0.3, 0.4) is 0 Å². The van der Waals surface area contributed by atoms with Gasteiger partial charge in [0.2, 0.25) is 0 Å². The molecule has 1 aromatic carbocycles. The quantitative estimate of drug-likeness (QED) is 0.407. The van der Waals surface area contributed by atoms with Gasteiger partial charge < -0.3 is 14.9 Å². The van der Waals surface area contributed by atoms with Crippen LogP contribution in [0.4, 0.5) is 15.9 Å². The van der Waals surface area contributed by atoms with Crippen LogP contribution in [0, 0.1) is 24.1 Å². The van der Waals surface area contributed by atoms with E-state index in [0.29, 0.717) is 61.8 Å². The summed E-state index contributed by atoms with van der Waals surface area (Å²) < 4.78 is 16.1. The van der Waals surface area contributed by atoms with Gasteiger partial charge in [-0.2, -0.15) is 5.26 Å². The molecule has 2 fully saturated rings. The maximum atomic E-state index is 14.4. The summed E-state index contributed by atoms with van der Waals surface area (Å²) >= 11 is 6.22. The molecule has 2 aliphatic rings. The van der Waals surface area contributed by atoms with Crippen molar-refractivity contribution in [1.29, 1.82) is 5.26 Å². The Morgan fingerprint density at radius 2 is 1.87 bits per heavy atom. The number of anilines is 2.